The fourth-order valence-electron chi connectivity index (χ4n) is 2.36. The van der Waals surface area contributed by atoms with Gasteiger partial charge < -0.3 is 10.0 Å². The van der Waals surface area contributed by atoms with Crippen molar-refractivity contribution in [1.29, 1.82) is 0 Å². The molecule has 0 radical (unpaired) electrons. The number of hydrogen-bond donors (Lipinski definition) is 1. The highest BCUT2D eigenvalue weighted by Gasteiger charge is 2.23. The van der Waals surface area contributed by atoms with Gasteiger partial charge in [0.15, 0.2) is 0 Å². The lowest BCUT2D eigenvalue weighted by molar-refractivity contribution is 0.0650. The molecule has 1 aliphatic rings. The molecular formula is C14H18FNO2. The Morgan fingerprint density at radius 1 is 1.39 bits per heavy atom. The Morgan fingerprint density at radius 2 is 2.06 bits per heavy atom. The molecule has 0 spiro atoms. The van der Waals surface area contributed by atoms with Crippen LogP contribution in [0.3, 0.4) is 0 Å². The average molecular weight is 251 g/mol. The van der Waals surface area contributed by atoms with Gasteiger partial charge in [0.25, 0.3) is 5.91 Å². The van der Waals surface area contributed by atoms with Gasteiger partial charge in [-0.05, 0) is 49.4 Å². The molecule has 1 saturated heterocycles. The molecule has 1 aromatic rings. The smallest absolute Gasteiger partial charge is 0.253 e. The first-order valence-electron chi connectivity index (χ1n) is 6.27. The molecule has 0 bridgehead atoms. The zero-order valence-electron chi connectivity index (χ0n) is 10.5. The summed E-state index contributed by atoms with van der Waals surface area (Å²) >= 11 is 0. The maximum atomic E-state index is 13.3. The summed E-state index contributed by atoms with van der Waals surface area (Å²) in [5, 5.41) is 9.05. The number of carbonyl (C=O) groups excluding carboxylic acids is 1. The summed E-state index contributed by atoms with van der Waals surface area (Å²) in [5.41, 5.74) is 1.17. The van der Waals surface area contributed by atoms with Gasteiger partial charge in [0.1, 0.15) is 5.82 Å². The van der Waals surface area contributed by atoms with Crippen LogP contribution in [0.15, 0.2) is 18.2 Å². The van der Waals surface area contributed by atoms with E-state index in [1.165, 1.54) is 12.1 Å². The Kier molecular flexibility index (Phi) is 3.97. The van der Waals surface area contributed by atoms with E-state index in [1.807, 2.05) is 0 Å². The number of halogens is 1. The number of carbonyl (C=O) groups is 1. The van der Waals surface area contributed by atoms with Crippen LogP contribution >= 0.6 is 0 Å². The van der Waals surface area contributed by atoms with E-state index in [2.05, 4.69) is 0 Å². The van der Waals surface area contributed by atoms with E-state index < -0.39 is 0 Å². The van der Waals surface area contributed by atoms with E-state index in [-0.39, 0.29) is 18.3 Å². The van der Waals surface area contributed by atoms with E-state index in [1.54, 1.807) is 17.9 Å². The Morgan fingerprint density at radius 3 is 2.61 bits per heavy atom. The lowest BCUT2D eigenvalue weighted by atomic mass is 9.97. The molecule has 0 saturated carbocycles. The normalized spacial score (nSPS) is 16.9. The molecule has 1 aliphatic heterocycles. The van der Waals surface area contributed by atoms with Crippen molar-refractivity contribution in [3.8, 4) is 0 Å². The number of likely N-dealkylation sites (tertiary alicyclic amines) is 1. The van der Waals surface area contributed by atoms with Gasteiger partial charge in [0.2, 0.25) is 0 Å². The van der Waals surface area contributed by atoms with Crippen LogP contribution in [-0.2, 0) is 0 Å². The van der Waals surface area contributed by atoms with Crippen LogP contribution < -0.4 is 0 Å². The van der Waals surface area contributed by atoms with Gasteiger partial charge in [-0.15, -0.1) is 0 Å². The lowest BCUT2D eigenvalue weighted by Crippen LogP contribution is -2.39. The van der Waals surface area contributed by atoms with Gasteiger partial charge in [-0.25, -0.2) is 4.39 Å². The Labute approximate surface area is 106 Å². The van der Waals surface area contributed by atoms with Gasteiger partial charge in [0, 0.05) is 25.3 Å². The fraction of sp³-hybridized carbons (Fsp3) is 0.500. The van der Waals surface area contributed by atoms with Crippen molar-refractivity contribution in [3.63, 3.8) is 0 Å². The Bertz CT molecular complexity index is 419. The molecule has 0 aromatic heterocycles. The maximum absolute atomic E-state index is 13.3. The molecule has 3 nitrogen and oxygen atoms in total. The molecule has 4 heteroatoms. The number of nitrogens with zero attached hydrogens (tertiary/aromatic N) is 1. The van der Waals surface area contributed by atoms with Gasteiger partial charge in [-0.1, -0.05) is 0 Å². The monoisotopic (exact) mass is 251 g/mol. The van der Waals surface area contributed by atoms with Crippen LogP contribution in [-0.4, -0.2) is 35.6 Å². The van der Waals surface area contributed by atoms with Crippen LogP contribution in [0.4, 0.5) is 4.39 Å². The van der Waals surface area contributed by atoms with Crippen molar-refractivity contribution in [2.45, 2.75) is 19.8 Å². The average Bonchev–Trinajstić information content (AvgIpc) is 2.37. The first-order chi connectivity index (χ1) is 8.60. The third-order valence-electron chi connectivity index (χ3n) is 3.45. The first kappa shape index (κ1) is 13.0. The summed E-state index contributed by atoms with van der Waals surface area (Å²) in [6.45, 7) is 3.23. The van der Waals surface area contributed by atoms with Crippen molar-refractivity contribution in [3.05, 3.63) is 35.1 Å². The second kappa shape index (κ2) is 5.48. The second-order valence-corrected chi connectivity index (χ2v) is 4.94. The predicted octanol–water partition coefficient (Wildman–Crippen LogP) is 1.98. The second-order valence-electron chi connectivity index (χ2n) is 4.94. The quantitative estimate of drug-likeness (QED) is 0.873. The lowest BCUT2D eigenvalue weighted by Gasteiger charge is -2.31. The minimum atomic E-state index is -0.372. The van der Waals surface area contributed by atoms with Crippen LogP contribution in [0.1, 0.15) is 28.8 Å². The maximum Gasteiger partial charge on any atom is 0.253 e. The summed E-state index contributed by atoms with van der Waals surface area (Å²) in [6.07, 6.45) is 1.63. The number of aliphatic hydroxyl groups excluding tert-OH is 1. The number of amides is 1. The SMILES string of the molecule is Cc1cc(F)cc(C(=O)N2CCC(CO)CC2)c1. The molecule has 0 aliphatic carbocycles. The van der Waals surface area contributed by atoms with Crippen LogP contribution in [0.5, 0.6) is 0 Å². The van der Waals surface area contributed by atoms with Crippen molar-refractivity contribution < 1.29 is 14.3 Å². The predicted molar refractivity (Wildman–Crippen MR) is 66.9 cm³/mol. The molecular weight excluding hydrogens is 233 g/mol. The summed E-state index contributed by atoms with van der Waals surface area (Å²) in [4.78, 5) is 13.9. The molecule has 0 atom stereocenters. The van der Waals surface area contributed by atoms with E-state index in [0.717, 1.165) is 18.4 Å². The first-order valence-corrected chi connectivity index (χ1v) is 6.27. The van der Waals surface area contributed by atoms with E-state index in [0.29, 0.717) is 24.6 Å². The molecule has 2 rings (SSSR count). The zero-order valence-corrected chi connectivity index (χ0v) is 10.5. The third-order valence-corrected chi connectivity index (χ3v) is 3.45. The number of benzene rings is 1. The largest absolute Gasteiger partial charge is 0.396 e. The van der Waals surface area contributed by atoms with E-state index in [9.17, 15) is 9.18 Å². The highest BCUT2D eigenvalue weighted by molar-refractivity contribution is 5.94. The van der Waals surface area contributed by atoms with E-state index in [4.69, 9.17) is 5.11 Å². The number of rotatable bonds is 2. The van der Waals surface area contributed by atoms with Crippen LogP contribution in [0, 0.1) is 18.7 Å². The number of piperidine rings is 1. The van der Waals surface area contributed by atoms with Crippen molar-refractivity contribution in [2.24, 2.45) is 5.92 Å². The molecule has 1 aromatic carbocycles. The zero-order chi connectivity index (χ0) is 13.1. The molecule has 1 N–H and O–H groups in total. The number of hydrogen-bond acceptors (Lipinski definition) is 2. The van der Waals surface area contributed by atoms with Gasteiger partial charge in [0.05, 0.1) is 0 Å². The molecule has 1 fully saturated rings. The minimum Gasteiger partial charge on any atom is -0.396 e. The van der Waals surface area contributed by atoms with Gasteiger partial charge in [-0.2, -0.15) is 0 Å². The third kappa shape index (κ3) is 2.88. The number of aliphatic hydroxyl groups is 1. The molecule has 0 unspecified atom stereocenters. The molecule has 1 amide bonds. The van der Waals surface area contributed by atoms with Crippen molar-refractivity contribution in [2.75, 3.05) is 19.7 Å². The Hall–Kier alpha value is -1.42. The fourth-order valence-corrected chi connectivity index (χ4v) is 2.36. The standard InChI is InChI=1S/C14H18FNO2/c1-10-6-12(8-13(15)7-10)14(18)16-4-2-11(9-17)3-5-16/h6-8,11,17H,2-5,9H2,1H3. The topological polar surface area (TPSA) is 40.5 Å². The molecule has 98 valence electrons. The number of aryl methyl sites for hydroxylation is 1. The summed E-state index contributed by atoms with van der Waals surface area (Å²) < 4.78 is 13.3. The van der Waals surface area contributed by atoms with Crippen molar-refractivity contribution in [1.82, 2.24) is 4.90 Å². The van der Waals surface area contributed by atoms with Crippen LogP contribution in [0.25, 0.3) is 0 Å². The summed E-state index contributed by atoms with van der Waals surface area (Å²) in [7, 11) is 0. The van der Waals surface area contributed by atoms with Crippen molar-refractivity contribution >= 4 is 5.91 Å². The summed E-state index contributed by atoms with van der Waals surface area (Å²) in [5.74, 6) is -0.194. The molecule has 1 heterocycles. The minimum absolute atomic E-state index is 0.117. The molecule has 18 heavy (non-hydrogen) atoms. The van der Waals surface area contributed by atoms with Crippen LogP contribution in [0.2, 0.25) is 0 Å². The highest BCUT2D eigenvalue weighted by atomic mass is 19.1. The van der Waals surface area contributed by atoms with E-state index >= 15 is 0 Å². The summed E-state index contributed by atoms with van der Waals surface area (Å²) in [6, 6.07) is 4.41. The highest BCUT2D eigenvalue weighted by Crippen LogP contribution is 2.19. The Balaban J connectivity index is 2.07. The van der Waals surface area contributed by atoms with Gasteiger partial charge >= 0.3 is 0 Å². The van der Waals surface area contributed by atoms with Gasteiger partial charge in [-0.3, -0.25) is 4.79 Å².